The number of carbonyl (C=O) groups excluding carboxylic acids is 1. The maximum Gasteiger partial charge on any atom is 0.129 e. The van der Waals surface area contributed by atoms with Crippen molar-refractivity contribution >= 4 is 6.29 Å². The number of halogens is 2. The van der Waals surface area contributed by atoms with E-state index in [1.165, 1.54) is 13.0 Å². The van der Waals surface area contributed by atoms with Crippen molar-refractivity contribution in [2.24, 2.45) is 0 Å². The first kappa shape index (κ1) is 8.84. The van der Waals surface area contributed by atoms with Crippen molar-refractivity contribution in [2.75, 3.05) is 0 Å². The molecule has 3 heteroatoms. The first-order valence-electron chi connectivity index (χ1n) is 3.53. The van der Waals surface area contributed by atoms with E-state index in [0.717, 1.165) is 6.07 Å². The molecule has 0 radical (unpaired) electrons. The van der Waals surface area contributed by atoms with Gasteiger partial charge in [-0.3, -0.25) is 0 Å². The van der Waals surface area contributed by atoms with Gasteiger partial charge in [-0.05, 0) is 24.1 Å². The molecule has 0 amide bonds. The third-order valence-corrected chi connectivity index (χ3v) is 1.63. The van der Waals surface area contributed by atoms with Gasteiger partial charge in [-0.15, -0.1) is 0 Å². The summed E-state index contributed by atoms with van der Waals surface area (Å²) in [6.45, 7) is 1.53. The van der Waals surface area contributed by atoms with E-state index < -0.39 is 11.6 Å². The minimum atomic E-state index is -0.662. The average Bonchev–Trinajstić information content (AvgIpc) is 2.01. The second-order valence-corrected chi connectivity index (χ2v) is 2.56. The molecule has 1 rings (SSSR count). The fourth-order valence-corrected chi connectivity index (χ4v) is 0.963. The van der Waals surface area contributed by atoms with Crippen molar-refractivity contribution in [1.82, 2.24) is 0 Å². The standard InChI is InChI=1S/C9H8F2O/c1-6-4-7(2-3-12)9(11)5-8(6)10/h3-5H,2H2,1H3. The molecule has 0 bridgehead atoms. The lowest BCUT2D eigenvalue weighted by Crippen LogP contribution is -1.95. The van der Waals surface area contributed by atoms with Crippen molar-refractivity contribution < 1.29 is 13.6 Å². The number of hydrogen-bond acceptors (Lipinski definition) is 1. The van der Waals surface area contributed by atoms with Gasteiger partial charge in [0.2, 0.25) is 0 Å². The van der Waals surface area contributed by atoms with E-state index in [1.54, 1.807) is 0 Å². The lowest BCUT2D eigenvalue weighted by molar-refractivity contribution is -0.107. The summed E-state index contributed by atoms with van der Waals surface area (Å²) in [7, 11) is 0. The SMILES string of the molecule is Cc1cc(CC=O)c(F)cc1F. The van der Waals surface area contributed by atoms with Crippen LogP contribution < -0.4 is 0 Å². The van der Waals surface area contributed by atoms with Crippen LogP contribution in [-0.2, 0) is 11.2 Å². The Kier molecular flexibility index (Phi) is 2.53. The third kappa shape index (κ3) is 1.67. The summed E-state index contributed by atoms with van der Waals surface area (Å²) in [4.78, 5) is 10.1. The minimum Gasteiger partial charge on any atom is -0.303 e. The van der Waals surface area contributed by atoms with Crippen molar-refractivity contribution in [3.8, 4) is 0 Å². The van der Waals surface area contributed by atoms with Crippen LogP contribution in [0, 0.1) is 18.6 Å². The summed E-state index contributed by atoms with van der Waals surface area (Å²) in [6, 6.07) is 2.15. The molecular formula is C9H8F2O. The van der Waals surface area contributed by atoms with Gasteiger partial charge in [0.15, 0.2) is 0 Å². The normalized spacial score (nSPS) is 9.92. The molecule has 0 aliphatic rings. The van der Waals surface area contributed by atoms with Gasteiger partial charge in [0.05, 0.1) is 0 Å². The van der Waals surface area contributed by atoms with Crippen molar-refractivity contribution in [3.05, 3.63) is 34.9 Å². The predicted octanol–water partition coefficient (Wildman–Crippen LogP) is 2.01. The van der Waals surface area contributed by atoms with E-state index in [4.69, 9.17) is 0 Å². The number of hydrogen-bond donors (Lipinski definition) is 0. The summed E-state index contributed by atoms with van der Waals surface area (Å²) < 4.78 is 25.5. The molecule has 1 nitrogen and oxygen atoms in total. The maximum atomic E-state index is 12.8. The van der Waals surface area contributed by atoms with Crippen LogP contribution in [0.2, 0.25) is 0 Å². The zero-order valence-corrected chi connectivity index (χ0v) is 6.60. The molecule has 0 unspecified atom stereocenters. The maximum absolute atomic E-state index is 12.8. The summed E-state index contributed by atoms with van der Waals surface area (Å²) in [5.74, 6) is -1.24. The van der Waals surface area contributed by atoms with Crippen molar-refractivity contribution in [2.45, 2.75) is 13.3 Å². The molecule has 0 aliphatic carbocycles. The van der Waals surface area contributed by atoms with Crippen LogP contribution >= 0.6 is 0 Å². The van der Waals surface area contributed by atoms with Gasteiger partial charge in [0, 0.05) is 12.5 Å². The van der Waals surface area contributed by atoms with Gasteiger partial charge in [-0.1, -0.05) is 0 Å². The summed E-state index contributed by atoms with van der Waals surface area (Å²) >= 11 is 0. The number of benzene rings is 1. The quantitative estimate of drug-likeness (QED) is 0.620. The smallest absolute Gasteiger partial charge is 0.129 e. The lowest BCUT2D eigenvalue weighted by Gasteiger charge is -2.01. The van der Waals surface area contributed by atoms with Crippen LogP contribution in [0.3, 0.4) is 0 Å². The van der Waals surface area contributed by atoms with Crippen LogP contribution in [0.1, 0.15) is 11.1 Å². The number of aldehydes is 1. The number of aryl methyl sites for hydroxylation is 1. The Morgan fingerprint density at radius 3 is 2.58 bits per heavy atom. The molecule has 12 heavy (non-hydrogen) atoms. The highest BCUT2D eigenvalue weighted by Crippen LogP contribution is 2.13. The van der Waals surface area contributed by atoms with E-state index >= 15 is 0 Å². The largest absolute Gasteiger partial charge is 0.303 e. The Balaban J connectivity index is 3.13. The predicted molar refractivity (Wildman–Crippen MR) is 40.9 cm³/mol. The Hall–Kier alpha value is -1.25. The van der Waals surface area contributed by atoms with Gasteiger partial charge in [0.25, 0.3) is 0 Å². The van der Waals surface area contributed by atoms with Crippen LogP contribution in [-0.4, -0.2) is 6.29 Å². The second kappa shape index (κ2) is 3.43. The molecule has 0 heterocycles. The second-order valence-electron chi connectivity index (χ2n) is 2.56. The van der Waals surface area contributed by atoms with E-state index in [0.29, 0.717) is 11.8 Å². The molecular weight excluding hydrogens is 162 g/mol. The molecule has 64 valence electrons. The molecule has 1 aromatic rings. The zero-order chi connectivity index (χ0) is 9.14. The van der Waals surface area contributed by atoms with Gasteiger partial charge in [0.1, 0.15) is 17.9 Å². The minimum absolute atomic E-state index is 0.00699. The Morgan fingerprint density at radius 1 is 1.33 bits per heavy atom. The Morgan fingerprint density at radius 2 is 2.00 bits per heavy atom. The molecule has 0 N–H and O–H groups in total. The van der Waals surface area contributed by atoms with Crippen molar-refractivity contribution in [3.63, 3.8) is 0 Å². The van der Waals surface area contributed by atoms with E-state index in [1.807, 2.05) is 0 Å². The van der Waals surface area contributed by atoms with Gasteiger partial charge >= 0.3 is 0 Å². The lowest BCUT2D eigenvalue weighted by atomic mass is 10.1. The van der Waals surface area contributed by atoms with Crippen LogP contribution in [0.15, 0.2) is 12.1 Å². The zero-order valence-electron chi connectivity index (χ0n) is 6.60. The van der Waals surface area contributed by atoms with Crippen LogP contribution in [0.5, 0.6) is 0 Å². The van der Waals surface area contributed by atoms with E-state index in [9.17, 15) is 13.6 Å². The number of rotatable bonds is 2. The topological polar surface area (TPSA) is 17.1 Å². The van der Waals surface area contributed by atoms with Gasteiger partial charge in [-0.2, -0.15) is 0 Å². The summed E-state index contributed by atoms with van der Waals surface area (Å²) in [5, 5.41) is 0. The van der Waals surface area contributed by atoms with Gasteiger partial charge < -0.3 is 4.79 Å². The third-order valence-electron chi connectivity index (χ3n) is 1.63. The van der Waals surface area contributed by atoms with E-state index in [-0.39, 0.29) is 12.0 Å². The van der Waals surface area contributed by atoms with Gasteiger partial charge in [-0.25, -0.2) is 8.78 Å². The summed E-state index contributed by atoms with van der Waals surface area (Å²) in [5.41, 5.74) is 0.595. The molecule has 1 aromatic carbocycles. The molecule has 0 aromatic heterocycles. The highest BCUT2D eigenvalue weighted by molar-refractivity contribution is 5.55. The highest BCUT2D eigenvalue weighted by Gasteiger charge is 2.05. The molecule has 0 fully saturated rings. The molecule has 0 aliphatic heterocycles. The fourth-order valence-electron chi connectivity index (χ4n) is 0.963. The molecule has 0 spiro atoms. The summed E-state index contributed by atoms with van der Waals surface area (Å²) in [6.07, 6.45) is 0.586. The van der Waals surface area contributed by atoms with E-state index in [2.05, 4.69) is 0 Å². The average molecular weight is 170 g/mol. The molecule has 0 atom stereocenters. The van der Waals surface area contributed by atoms with Crippen molar-refractivity contribution in [1.29, 1.82) is 0 Å². The Labute approximate surface area is 69.0 Å². The molecule has 0 saturated heterocycles. The first-order chi connectivity index (χ1) is 5.65. The van der Waals surface area contributed by atoms with Crippen LogP contribution in [0.4, 0.5) is 8.78 Å². The van der Waals surface area contributed by atoms with Crippen LogP contribution in [0.25, 0.3) is 0 Å². The Bertz CT molecular complexity index is 308. The number of carbonyl (C=O) groups is 1. The first-order valence-corrected chi connectivity index (χ1v) is 3.53. The molecule has 0 saturated carbocycles. The highest BCUT2D eigenvalue weighted by atomic mass is 19.1. The monoisotopic (exact) mass is 170 g/mol. The fraction of sp³-hybridized carbons (Fsp3) is 0.222.